The minimum Gasteiger partial charge on any atom is -0.480 e. The number of hydrogen-bond acceptors (Lipinski definition) is 4. The van der Waals surface area contributed by atoms with Crippen LogP contribution in [0.15, 0.2) is 30.5 Å². The van der Waals surface area contributed by atoms with Crippen LogP contribution in [0.3, 0.4) is 0 Å². The van der Waals surface area contributed by atoms with Crippen LogP contribution in [0.5, 0.6) is 0 Å². The highest BCUT2D eigenvalue weighted by Crippen LogP contribution is 2.20. The quantitative estimate of drug-likeness (QED) is 0.546. The molecule has 28 heavy (non-hydrogen) atoms. The van der Waals surface area contributed by atoms with Gasteiger partial charge in [0.1, 0.15) is 12.6 Å². The van der Waals surface area contributed by atoms with Crippen LogP contribution in [0, 0.1) is 0 Å². The maximum atomic E-state index is 12.6. The number of carbonyl (C=O) groups is 3. The molecule has 1 aliphatic heterocycles. The van der Waals surface area contributed by atoms with Crippen LogP contribution in [0.2, 0.25) is 0 Å². The Morgan fingerprint density at radius 1 is 1.25 bits per heavy atom. The van der Waals surface area contributed by atoms with Gasteiger partial charge in [0, 0.05) is 23.6 Å². The summed E-state index contributed by atoms with van der Waals surface area (Å²) in [5, 5.41) is 22.6. The van der Waals surface area contributed by atoms with Gasteiger partial charge in [-0.1, -0.05) is 18.2 Å². The lowest BCUT2D eigenvalue weighted by Gasteiger charge is -2.26. The number of para-hydroxylation sites is 1. The van der Waals surface area contributed by atoms with Gasteiger partial charge in [0.25, 0.3) is 0 Å². The predicted octanol–water partition coefficient (Wildman–Crippen LogP) is 1.61. The molecule has 1 fully saturated rings. The Labute approximate surface area is 162 Å². The zero-order valence-electron chi connectivity index (χ0n) is 15.6. The molecule has 1 aromatic heterocycles. The van der Waals surface area contributed by atoms with Gasteiger partial charge < -0.3 is 20.1 Å². The number of aliphatic carboxylic acids is 2. The van der Waals surface area contributed by atoms with E-state index in [1.165, 1.54) is 4.90 Å². The number of aryl methyl sites for hydroxylation is 1. The van der Waals surface area contributed by atoms with Crippen molar-refractivity contribution in [1.82, 2.24) is 15.2 Å². The van der Waals surface area contributed by atoms with Gasteiger partial charge in [-0.2, -0.15) is 0 Å². The van der Waals surface area contributed by atoms with Crippen molar-refractivity contribution in [3.63, 3.8) is 0 Å². The second kappa shape index (κ2) is 8.88. The molecule has 150 valence electrons. The number of nitrogens with one attached hydrogen (secondary N) is 2. The van der Waals surface area contributed by atoms with Crippen molar-refractivity contribution in [3.8, 4) is 0 Å². The number of carboxylic acids is 2. The number of carbonyl (C=O) groups excluding carboxylic acids is 1. The SMILES string of the molecule is O=C(O)CN1CCCC[C@H](NC(CCc2c[nH]c3ccccc23)C(=O)O)C1=O. The van der Waals surface area contributed by atoms with Crippen molar-refractivity contribution in [2.75, 3.05) is 13.1 Å². The number of aromatic nitrogens is 1. The van der Waals surface area contributed by atoms with E-state index >= 15 is 0 Å². The Bertz CT molecular complexity index is 862. The summed E-state index contributed by atoms with van der Waals surface area (Å²) in [6.45, 7) is 0.0283. The number of carboxylic acid groups (broad SMARTS) is 2. The summed E-state index contributed by atoms with van der Waals surface area (Å²) in [5.74, 6) is -2.41. The highest BCUT2D eigenvalue weighted by atomic mass is 16.4. The zero-order valence-corrected chi connectivity index (χ0v) is 15.6. The number of nitrogens with zero attached hydrogens (tertiary/aromatic N) is 1. The molecule has 2 heterocycles. The predicted molar refractivity (Wildman–Crippen MR) is 103 cm³/mol. The van der Waals surface area contributed by atoms with Crippen molar-refractivity contribution in [3.05, 3.63) is 36.0 Å². The molecule has 0 radical (unpaired) electrons. The minimum absolute atomic E-state index is 0.333. The van der Waals surface area contributed by atoms with E-state index in [0.717, 1.165) is 22.9 Å². The number of aromatic amines is 1. The first-order valence-electron chi connectivity index (χ1n) is 9.50. The molecule has 1 aromatic carbocycles. The Balaban J connectivity index is 1.67. The number of likely N-dealkylation sites (tertiary alicyclic amines) is 1. The summed E-state index contributed by atoms with van der Waals surface area (Å²) < 4.78 is 0. The van der Waals surface area contributed by atoms with Crippen LogP contribution < -0.4 is 5.32 Å². The molecule has 1 amide bonds. The molecule has 0 spiro atoms. The molecule has 0 aliphatic carbocycles. The Hall–Kier alpha value is -2.87. The third kappa shape index (κ3) is 4.69. The number of rotatable bonds is 8. The van der Waals surface area contributed by atoms with E-state index in [2.05, 4.69) is 10.3 Å². The molecule has 2 aromatic rings. The molecule has 1 saturated heterocycles. The van der Waals surface area contributed by atoms with E-state index in [9.17, 15) is 19.5 Å². The first-order chi connectivity index (χ1) is 13.5. The van der Waals surface area contributed by atoms with E-state index in [1.807, 2.05) is 30.5 Å². The number of benzene rings is 1. The number of amides is 1. The van der Waals surface area contributed by atoms with Gasteiger partial charge in [-0.15, -0.1) is 0 Å². The van der Waals surface area contributed by atoms with Crippen LogP contribution in [0.25, 0.3) is 10.9 Å². The minimum atomic E-state index is -1.07. The van der Waals surface area contributed by atoms with Crippen LogP contribution in [0.1, 0.15) is 31.2 Å². The van der Waals surface area contributed by atoms with Crippen LogP contribution >= 0.6 is 0 Å². The van der Waals surface area contributed by atoms with Gasteiger partial charge in [-0.3, -0.25) is 19.7 Å². The zero-order chi connectivity index (χ0) is 20.1. The van der Waals surface area contributed by atoms with Crippen molar-refractivity contribution >= 4 is 28.7 Å². The summed E-state index contributed by atoms with van der Waals surface area (Å²) in [6, 6.07) is 6.27. The first-order valence-corrected chi connectivity index (χ1v) is 9.50. The van der Waals surface area contributed by atoms with Gasteiger partial charge in [0.15, 0.2) is 0 Å². The van der Waals surface area contributed by atoms with Crippen molar-refractivity contribution in [2.24, 2.45) is 0 Å². The molecule has 0 bridgehead atoms. The molecule has 8 heteroatoms. The van der Waals surface area contributed by atoms with Gasteiger partial charge in [-0.25, -0.2) is 0 Å². The van der Waals surface area contributed by atoms with E-state index < -0.39 is 24.0 Å². The third-order valence-corrected chi connectivity index (χ3v) is 5.18. The molecular formula is C20H25N3O5. The summed E-state index contributed by atoms with van der Waals surface area (Å²) in [7, 11) is 0. The summed E-state index contributed by atoms with van der Waals surface area (Å²) >= 11 is 0. The van der Waals surface area contributed by atoms with Crippen LogP contribution in [-0.2, 0) is 20.8 Å². The molecule has 4 N–H and O–H groups in total. The average molecular weight is 387 g/mol. The second-order valence-corrected chi connectivity index (χ2v) is 7.16. The molecular weight excluding hydrogens is 362 g/mol. The summed E-state index contributed by atoms with van der Waals surface area (Å²) in [5.41, 5.74) is 2.03. The molecule has 1 unspecified atom stereocenters. The molecule has 1 aliphatic rings. The normalized spacial score (nSPS) is 18.8. The fourth-order valence-corrected chi connectivity index (χ4v) is 3.74. The maximum Gasteiger partial charge on any atom is 0.323 e. The largest absolute Gasteiger partial charge is 0.480 e. The van der Waals surface area contributed by atoms with E-state index in [-0.39, 0.29) is 12.5 Å². The summed E-state index contributed by atoms with van der Waals surface area (Å²) in [4.78, 5) is 39.9. The third-order valence-electron chi connectivity index (χ3n) is 5.18. The van der Waals surface area contributed by atoms with Gasteiger partial charge in [-0.05, 0) is 43.7 Å². The fourth-order valence-electron chi connectivity index (χ4n) is 3.74. The van der Waals surface area contributed by atoms with Crippen molar-refractivity contribution in [1.29, 1.82) is 0 Å². The Morgan fingerprint density at radius 3 is 2.79 bits per heavy atom. The maximum absolute atomic E-state index is 12.6. The number of H-pyrrole nitrogens is 1. The molecule has 2 atom stereocenters. The topological polar surface area (TPSA) is 123 Å². The lowest BCUT2D eigenvalue weighted by atomic mass is 10.0. The monoisotopic (exact) mass is 387 g/mol. The Kier molecular flexibility index (Phi) is 6.30. The smallest absolute Gasteiger partial charge is 0.323 e. The van der Waals surface area contributed by atoms with E-state index in [0.29, 0.717) is 32.2 Å². The van der Waals surface area contributed by atoms with Gasteiger partial charge in [0.05, 0.1) is 6.04 Å². The van der Waals surface area contributed by atoms with E-state index in [4.69, 9.17) is 5.11 Å². The molecule has 3 rings (SSSR count). The summed E-state index contributed by atoms with van der Waals surface area (Å²) in [6.07, 6.45) is 4.73. The van der Waals surface area contributed by atoms with Gasteiger partial charge >= 0.3 is 11.9 Å². The van der Waals surface area contributed by atoms with Gasteiger partial charge in [0.2, 0.25) is 5.91 Å². The molecule has 0 saturated carbocycles. The lowest BCUT2D eigenvalue weighted by molar-refractivity contribution is -0.146. The number of hydrogen-bond donors (Lipinski definition) is 4. The Morgan fingerprint density at radius 2 is 2.04 bits per heavy atom. The lowest BCUT2D eigenvalue weighted by Crippen LogP contribution is -2.52. The fraction of sp³-hybridized carbons (Fsp3) is 0.450. The van der Waals surface area contributed by atoms with Crippen molar-refractivity contribution in [2.45, 2.75) is 44.2 Å². The first kappa shape index (κ1) is 19.9. The van der Waals surface area contributed by atoms with Crippen LogP contribution in [-0.4, -0.2) is 63.1 Å². The van der Waals surface area contributed by atoms with E-state index in [1.54, 1.807) is 0 Å². The molecule has 8 nitrogen and oxygen atoms in total. The highest BCUT2D eigenvalue weighted by molar-refractivity contribution is 5.86. The highest BCUT2D eigenvalue weighted by Gasteiger charge is 2.31. The second-order valence-electron chi connectivity index (χ2n) is 7.16. The number of fused-ring (bicyclic) bond motifs is 1. The van der Waals surface area contributed by atoms with Crippen molar-refractivity contribution < 1.29 is 24.6 Å². The average Bonchev–Trinajstić information content (AvgIpc) is 3.00. The van der Waals surface area contributed by atoms with Crippen LogP contribution in [0.4, 0.5) is 0 Å². The standard InChI is InChI=1S/C20H25N3O5/c24-18(25)12-23-10-4-3-7-16(19(23)26)22-17(20(27)28)9-8-13-11-21-15-6-2-1-5-14(13)15/h1-2,5-6,11,16-17,21-22H,3-4,7-10,12H2,(H,24,25)(H,27,28)/t16-,17?/m0/s1.